The third-order valence-corrected chi connectivity index (χ3v) is 4.21. The van der Waals surface area contributed by atoms with Gasteiger partial charge in [0.1, 0.15) is 5.82 Å². The molecule has 1 N–H and O–H groups in total. The average molecular weight is 314 g/mol. The van der Waals surface area contributed by atoms with E-state index in [-0.39, 0.29) is 11.5 Å². The molecule has 18 heavy (non-hydrogen) atoms. The smallest absolute Gasteiger partial charge is 0.255 e. The number of amides is 1. The summed E-state index contributed by atoms with van der Waals surface area (Å²) >= 11 is 3.21. The summed E-state index contributed by atoms with van der Waals surface area (Å²) in [5.41, 5.74) is 0.101. The number of halogens is 2. The lowest BCUT2D eigenvalue weighted by Crippen LogP contribution is -2.29. The zero-order valence-corrected chi connectivity index (χ0v) is 12.0. The van der Waals surface area contributed by atoms with E-state index in [1.807, 2.05) is 0 Å². The van der Waals surface area contributed by atoms with Crippen molar-refractivity contribution in [2.45, 2.75) is 26.2 Å². The van der Waals surface area contributed by atoms with Gasteiger partial charge in [-0.3, -0.25) is 4.79 Å². The van der Waals surface area contributed by atoms with Gasteiger partial charge >= 0.3 is 0 Å². The molecule has 2 atom stereocenters. The summed E-state index contributed by atoms with van der Waals surface area (Å²) in [6, 6.07) is 4.56. The molecule has 0 saturated heterocycles. The lowest BCUT2D eigenvalue weighted by Gasteiger charge is -2.12. The van der Waals surface area contributed by atoms with Gasteiger partial charge in [0.25, 0.3) is 5.91 Å². The van der Waals surface area contributed by atoms with E-state index in [0.29, 0.717) is 16.9 Å². The number of hydrogen-bond acceptors (Lipinski definition) is 1. The summed E-state index contributed by atoms with van der Waals surface area (Å²) in [7, 11) is 0. The number of hydrogen-bond donors (Lipinski definition) is 1. The fraction of sp³-hybridized carbons (Fsp3) is 0.500. The Labute approximate surface area is 115 Å². The Kier molecular flexibility index (Phi) is 4.38. The van der Waals surface area contributed by atoms with Crippen LogP contribution in [0.25, 0.3) is 0 Å². The molecule has 0 radical (unpaired) electrons. The van der Waals surface area contributed by atoms with E-state index >= 15 is 0 Å². The van der Waals surface area contributed by atoms with E-state index in [9.17, 15) is 9.18 Å². The highest BCUT2D eigenvalue weighted by molar-refractivity contribution is 9.10. The van der Waals surface area contributed by atoms with Gasteiger partial charge in [-0.1, -0.05) is 19.4 Å². The summed E-state index contributed by atoms with van der Waals surface area (Å²) in [5, 5.41) is 2.83. The molecule has 0 aliphatic heterocycles. The highest BCUT2D eigenvalue weighted by Gasteiger charge is 2.22. The van der Waals surface area contributed by atoms with Crippen molar-refractivity contribution in [2.75, 3.05) is 6.54 Å². The highest BCUT2D eigenvalue weighted by Crippen LogP contribution is 2.29. The Hall–Kier alpha value is -0.900. The number of benzene rings is 1. The van der Waals surface area contributed by atoms with Gasteiger partial charge in [0.15, 0.2) is 0 Å². The quantitative estimate of drug-likeness (QED) is 0.904. The Balaban J connectivity index is 1.96. The Morgan fingerprint density at radius 3 is 2.89 bits per heavy atom. The van der Waals surface area contributed by atoms with Gasteiger partial charge in [-0.15, -0.1) is 0 Å². The number of carbonyl (C=O) groups is 1. The maximum absolute atomic E-state index is 13.6. The molecule has 98 valence electrons. The molecule has 2 rings (SSSR count). The summed E-state index contributed by atoms with van der Waals surface area (Å²) < 4.78 is 14.1. The number of carbonyl (C=O) groups excluding carboxylic acids is 1. The molecule has 2 nitrogen and oxygen atoms in total. The van der Waals surface area contributed by atoms with Gasteiger partial charge in [0, 0.05) is 11.0 Å². The van der Waals surface area contributed by atoms with Gasteiger partial charge in [0.05, 0.1) is 5.56 Å². The Bertz CT molecular complexity index is 429. The zero-order valence-electron chi connectivity index (χ0n) is 10.4. The third kappa shape index (κ3) is 3.10. The van der Waals surface area contributed by atoms with Crippen molar-refractivity contribution in [3.63, 3.8) is 0 Å². The van der Waals surface area contributed by atoms with Crippen LogP contribution in [0.4, 0.5) is 4.39 Å². The van der Waals surface area contributed by atoms with Crippen LogP contribution in [0.2, 0.25) is 0 Å². The molecular weight excluding hydrogens is 297 g/mol. The van der Waals surface area contributed by atoms with Crippen LogP contribution >= 0.6 is 15.9 Å². The average Bonchev–Trinajstić information content (AvgIpc) is 2.72. The first-order chi connectivity index (χ1) is 8.58. The SMILES string of the molecule is CC1CCC(CNC(=O)c2c(F)cccc2Br)C1. The number of nitrogens with one attached hydrogen (secondary N) is 1. The van der Waals surface area contributed by atoms with Crippen LogP contribution in [0.15, 0.2) is 22.7 Å². The largest absolute Gasteiger partial charge is 0.352 e. The number of rotatable bonds is 3. The van der Waals surface area contributed by atoms with Crippen molar-refractivity contribution in [2.24, 2.45) is 11.8 Å². The molecule has 0 heterocycles. The predicted molar refractivity (Wildman–Crippen MR) is 72.9 cm³/mol. The second-order valence-corrected chi connectivity index (χ2v) is 5.95. The molecule has 2 unspecified atom stereocenters. The van der Waals surface area contributed by atoms with Gasteiger partial charge in [-0.25, -0.2) is 4.39 Å². The molecule has 1 aliphatic carbocycles. The van der Waals surface area contributed by atoms with E-state index in [0.717, 1.165) is 18.8 Å². The Morgan fingerprint density at radius 1 is 1.50 bits per heavy atom. The second-order valence-electron chi connectivity index (χ2n) is 5.09. The maximum Gasteiger partial charge on any atom is 0.255 e. The first-order valence-corrected chi connectivity index (χ1v) is 7.09. The lowest BCUT2D eigenvalue weighted by atomic mass is 10.1. The molecule has 4 heteroatoms. The second kappa shape index (κ2) is 5.83. The summed E-state index contributed by atoms with van der Waals surface area (Å²) in [5.74, 6) is 0.461. The first kappa shape index (κ1) is 13.5. The van der Waals surface area contributed by atoms with Crippen molar-refractivity contribution in [3.8, 4) is 0 Å². The summed E-state index contributed by atoms with van der Waals surface area (Å²) in [6.45, 7) is 2.87. The lowest BCUT2D eigenvalue weighted by molar-refractivity contribution is 0.0942. The van der Waals surface area contributed by atoms with E-state index in [2.05, 4.69) is 28.2 Å². The Morgan fingerprint density at radius 2 is 2.28 bits per heavy atom. The normalized spacial score (nSPS) is 23.1. The molecule has 0 aromatic heterocycles. The molecule has 1 saturated carbocycles. The van der Waals surface area contributed by atoms with Crippen LogP contribution in [0.5, 0.6) is 0 Å². The minimum atomic E-state index is -0.485. The van der Waals surface area contributed by atoms with Crippen LogP contribution < -0.4 is 5.32 Å². The highest BCUT2D eigenvalue weighted by atomic mass is 79.9. The molecular formula is C14H17BrFNO. The van der Waals surface area contributed by atoms with Crippen molar-refractivity contribution < 1.29 is 9.18 Å². The first-order valence-electron chi connectivity index (χ1n) is 6.30. The molecule has 1 fully saturated rings. The van der Waals surface area contributed by atoms with Gasteiger partial charge in [0.2, 0.25) is 0 Å². The predicted octanol–water partition coefficient (Wildman–Crippen LogP) is 3.75. The third-order valence-electron chi connectivity index (χ3n) is 3.54. The zero-order chi connectivity index (χ0) is 13.1. The van der Waals surface area contributed by atoms with Crippen LogP contribution in [0, 0.1) is 17.7 Å². The van der Waals surface area contributed by atoms with E-state index in [1.165, 1.54) is 12.5 Å². The maximum atomic E-state index is 13.6. The summed E-state index contributed by atoms with van der Waals surface area (Å²) in [6.07, 6.45) is 3.53. The molecule has 1 amide bonds. The van der Waals surface area contributed by atoms with E-state index in [1.54, 1.807) is 12.1 Å². The fourth-order valence-electron chi connectivity index (χ4n) is 2.55. The molecule has 0 bridgehead atoms. The van der Waals surface area contributed by atoms with E-state index < -0.39 is 5.82 Å². The monoisotopic (exact) mass is 313 g/mol. The molecule has 0 spiro atoms. The van der Waals surface area contributed by atoms with Gasteiger partial charge < -0.3 is 5.32 Å². The molecule has 1 aromatic rings. The molecule has 1 aromatic carbocycles. The van der Waals surface area contributed by atoms with Crippen molar-refractivity contribution in [1.82, 2.24) is 5.32 Å². The van der Waals surface area contributed by atoms with Gasteiger partial charge in [-0.2, -0.15) is 0 Å². The summed E-state index contributed by atoms with van der Waals surface area (Å²) in [4.78, 5) is 11.9. The van der Waals surface area contributed by atoms with E-state index in [4.69, 9.17) is 0 Å². The van der Waals surface area contributed by atoms with Crippen LogP contribution in [-0.4, -0.2) is 12.5 Å². The minimum Gasteiger partial charge on any atom is -0.352 e. The van der Waals surface area contributed by atoms with Crippen molar-refractivity contribution in [1.29, 1.82) is 0 Å². The van der Waals surface area contributed by atoms with Crippen molar-refractivity contribution in [3.05, 3.63) is 34.1 Å². The van der Waals surface area contributed by atoms with Crippen LogP contribution in [-0.2, 0) is 0 Å². The standard InChI is InChI=1S/C14H17BrFNO/c1-9-5-6-10(7-9)8-17-14(18)13-11(15)3-2-4-12(13)16/h2-4,9-10H,5-8H2,1H3,(H,17,18). The van der Waals surface area contributed by atoms with Crippen LogP contribution in [0.1, 0.15) is 36.5 Å². The molecule has 1 aliphatic rings. The van der Waals surface area contributed by atoms with Crippen molar-refractivity contribution >= 4 is 21.8 Å². The topological polar surface area (TPSA) is 29.1 Å². The fourth-order valence-corrected chi connectivity index (χ4v) is 3.07. The minimum absolute atomic E-state index is 0.101. The van der Waals surface area contributed by atoms with Crippen LogP contribution in [0.3, 0.4) is 0 Å². The van der Waals surface area contributed by atoms with Gasteiger partial charge in [-0.05, 0) is 52.7 Å².